The molecule has 2 N–H and O–H groups in total. The number of alkyl halides is 2. The van der Waals surface area contributed by atoms with E-state index in [4.69, 9.17) is 0 Å². The molecule has 0 bridgehead atoms. The number of carbonyl (C=O) groups excluding carboxylic acids is 1. The highest BCUT2D eigenvalue weighted by Crippen LogP contribution is 2.30. The molecule has 1 unspecified atom stereocenters. The summed E-state index contributed by atoms with van der Waals surface area (Å²) in [7, 11) is 0. The van der Waals surface area contributed by atoms with E-state index in [9.17, 15) is 18.7 Å². The number of rotatable bonds is 9. The number of nitrogens with one attached hydrogen (secondary N) is 1. The van der Waals surface area contributed by atoms with Crippen molar-refractivity contribution in [3.8, 4) is 5.75 Å². The molecular formula is C23H28F2N2O3. The van der Waals surface area contributed by atoms with E-state index >= 15 is 0 Å². The van der Waals surface area contributed by atoms with Gasteiger partial charge in [0.2, 0.25) is 5.91 Å². The average Bonchev–Trinajstić information content (AvgIpc) is 2.75. The largest absolute Gasteiger partial charge is 0.435 e. The Kier molecular flexibility index (Phi) is 8.16. The Balaban J connectivity index is 1.34. The fraction of sp³-hybridized carbons (Fsp3) is 0.435. The third kappa shape index (κ3) is 6.78. The predicted octanol–water partition coefficient (Wildman–Crippen LogP) is 3.39. The van der Waals surface area contributed by atoms with Gasteiger partial charge in [0.1, 0.15) is 5.75 Å². The highest BCUT2D eigenvalue weighted by atomic mass is 19.3. The lowest BCUT2D eigenvalue weighted by atomic mass is 9.87. The first kappa shape index (κ1) is 22.2. The summed E-state index contributed by atoms with van der Waals surface area (Å²) in [6.45, 7) is -0.435. The van der Waals surface area contributed by atoms with Gasteiger partial charge in [-0.2, -0.15) is 8.78 Å². The first-order valence-corrected chi connectivity index (χ1v) is 10.3. The minimum absolute atomic E-state index is 0.0327. The molecule has 7 heteroatoms. The second-order valence-electron chi connectivity index (χ2n) is 7.59. The number of benzene rings is 2. The van der Waals surface area contributed by atoms with E-state index in [0.29, 0.717) is 19.5 Å². The molecule has 1 fully saturated rings. The van der Waals surface area contributed by atoms with Crippen molar-refractivity contribution in [2.45, 2.75) is 32.0 Å². The molecule has 1 amide bonds. The summed E-state index contributed by atoms with van der Waals surface area (Å²) in [6.07, 6.45) is 1.87. The van der Waals surface area contributed by atoms with E-state index in [-0.39, 0.29) is 17.6 Å². The Morgan fingerprint density at radius 3 is 2.40 bits per heavy atom. The van der Waals surface area contributed by atoms with E-state index in [1.54, 1.807) is 12.1 Å². The molecular weight excluding hydrogens is 390 g/mol. The number of aliphatic hydroxyl groups is 1. The van der Waals surface area contributed by atoms with Crippen LogP contribution in [0.2, 0.25) is 0 Å². The summed E-state index contributed by atoms with van der Waals surface area (Å²) >= 11 is 0. The van der Waals surface area contributed by atoms with E-state index in [2.05, 4.69) is 15.0 Å². The Labute approximate surface area is 175 Å². The van der Waals surface area contributed by atoms with Crippen LogP contribution in [0.15, 0.2) is 54.6 Å². The molecule has 1 atom stereocenters. The van der Waals surface area contributed by atoms with Gasteiger partial charge in [0.05, 0.1) is 12.6 Å². The maximum atomic E-state index is 12.2. The molecule has 0 aliphatic carbocycles. The van der Waals surface area contributed by atoms with Crippen molar-refractivity contribution in [1.82, 2.24) is 10.2 Å². The van der Waals surface area contributed by atoms with Crippen molar-refractivity contribution in [2.24, 2.45) is 5.92 Å². The molecule has 2 aromatic rings. The van der Waals surface area contributed by atoms with Crippen LogP contribution in [-0.4, -0.2) is 48.7 Å². The number of halogens is 2. The Bertz CT molecular complexity index is 779. The number of hydrogen-bond acceptors (Lipinski definition) is 4. The molecule has 162 valence electrons. The fourth-order valence-electron chi connectivity index (χ4n) is 3.79. The third-order valence-electron chi connectivity index (χ3n) is 5.47. The Hall–Kier alpha value is -2.51. The van der Waals surface area contributed by atoms with E-state index < -0.39 is 12.7 Å². The normalized spacial score (nSPS) is 16.4. The molecule has 1 aliphatic rings. The van der Waals surface area contributed by atoms with E-state index in [1.165, 1.54) is 12.1 Å². The second-order valence-corrected chi connectivity index (χ2v) is 7.59. The van der Waals surface area contributed by atoms with Gasteiger partial charge in [-0.3, -0.25) is 9.69 Å². The number of likely N-dealkylation sites (tertiary alicyclic amines) is 1. The van der Waals surface area contributed by atoms with Crippen LogP contribution in [-0.2, 0) is 11.2 Å². The van der Waals surface area contributed by atoms with Gasteiger partial charge in [0.15, 0.2) is 0 Å². The topological polar surface area (TPSA) is 61.8 Å². The quantitative estimate of drug-likeness (QED) is 0.655. The van der Waals surface area contributed by atoms with Crippen LogP contribution >= 0.6 is 0 Å². The fourth-order valence-corrected chi connectivity index (χ4v) is 3.79. The van der Waals surface area contributed by atoms with Gasteiger partial charge in [-0.25, -0.2) is 0 Å². The molecule has 30 heavy (non-hydrogen) atoms. The minimum atomic E-state index is -2.83. The van der Waals surface area contributed by atoms with Crippen molar-refractivity contribution < 1.29 is 23.4 Å². The smallest absolute Gasteiger partial charge is 0.387 e. The van der Waals surface area contributed by atoms with E-state index in [1.807, 2.05) is 30.3 Å². The third-order valence-corrected chi connectivity index (χ3v) is 5.47. The lowest BCUT2D eigenvalue weighted by Gasteiger charge is -2.34. The van der Waals surface area contributed by atoms with Crippen LogP contribution in [0, 0.1) is 5.92 Å². The predicted molar refractivity (Wildman–Crippen MR) is 110 cm³/mol. The van der Waals surface area contributed by atoms with Crippen LogP contribution in [0.3, 0.4) is 0 Å². The lowest BCUT2D eigenvalue weighted by Crippen LogP contribution is -2.42. The van der Waals surface area contributed by atoms with Gasteiger partial charge in [-0.15, -0.1) is 0 Å². The molecule has 5 nitrogen and oxygen atoms in total. The van der Waals surface area contributed by atoms with Gasteiger partial charge in [-0.05, 0) is 61.5 Å². The van der Waals surface area contributed by atoms with Gasteiger partial charge in [-0.1, -0.05) is 42.5 Å². The maximum Gasteiger partial charge on any atom is 0.387 e. The van der Waals surface area contributed by atoms with Crippen molar-refractivity contribution in [3.05, 3.63) is 65.7 Å². The SMILES string of the molecule is O=C(CN1CCC(C(O)c2ccccc2)CC1)NCCc1ccc(OC(F)F)cc1. The molecule has 2 aromatic carbocycles. The van der Waals surface area contributed by atoms with E-state index in [0.717, 1.165) is 37.1 Å². The highest BCUT2D eigenvalue weighted by molar-refractivity contribution is 5.78. The summed E-state index contributed by atoms with van der Waals surface area (Å²) in [5.74, 6) is 0.303. The number of carbonyl (C=O) groups is 1. The molecule has 3 rings (SSSR count). The Morgan fingerprint density at radius 1 is 1.10 bits per heavy atom. The minimum Gasteiger partial charge on any atom is -0.435 e. The molecule has 1 heterocycles. The number of piperidine rings is 1. The molecule has 1 saturated heterocycles. The van der Waals surface area contributed by atoms with Crippen molar-refractivity contribution in [2.75, 3.05) is 26.2 Å². The van der Waals surface area contributed by atoms with Crippen LogP contribution in [0.4, 0.5) is 8.78 Å². The summed E-state index contributed by atoms with van der Waals surface area (Å²) in [4.78, 5) is 14.3. The van der Waals surface area contributed by atoms with Crippen LogP contribution < -0.4 is 10.1 Å². The number of aliphatic hydroxyl groups excluding tert-OH is 1. The average molecular weight is 418 g/mol. The van der Waals surface area contributed by atoms with Crippen LogP contribution in [0.25, 0.3) is 0 Å². The molecule has 1 aliphatic heterocycles. The maximum absolute atomic E-state index is 12.2. The van der Waals surface area contributed by atoms with Crippen molar-refractivity contribution in [1.29, 1.82) is 0 Å². The number of amides is 1. The molecule has 0 radical (unpaired) electrons. The van der Waals surface area contributed by atoms with Crippen LogP contribution in [0.5, 0.6) is 5.75 Å². The first-order chi connectivity index (χ1) is 14.5. The van der Waals surface area contributed by atoms with Gasteiger partial charge < -0.3 is 15.2 Å². The zero-order chi connectivity index (χ0) is 21.3. The summed E-state index contributed by atoms with van der Waals surface area (Å²) < 4.78 is 28.6. The van der Waals surface area contributed by atoms with Crippen LogP contribution in [0.1, 0.15) is 30.1 Å². The number of ether oxygens (including phenoxy) is 1. The molecule has 0 aromatic heterocycles. The summed E-state index contributed by atoms with van der Waals surface area (Å²) in [5, 5.41) is 13.5. The number of hydrogen-bond donors (Lipinski definition) is 2. The summed E-state index contributed by atoms with van der Waals surface area (Å²) in [6, 6.07) is 16.1. The van der Waals surface area contributed by atoms with Crippen molar-refractivity contribution >= 4 is 5.91 Å². The molecule has 0 spiro atoms. The standard InChI is InChI=1S/C23H28F2N2O3/c24-23(25)30-20-8-6-17(7-9-20)10-13-26-21(28)16-27-14-11-19(12-15-27)22(29)18-4-2-1-3-5-18/h1-9,19,22-23,29H,10-16H2,(H,26,28). The Morgan fingerprint density at radius 2 is 1.77 bits per heavy atom. The zero-order valence-corrected chi connectivity index (χ0v) is 16.8. The molecule has 0 saturated carbocycles. The zero-order valence-electron chi connectivity index (χ0n) is 16.8. The monoisotopic (exact) mass is 418 g/mol. The highest BCUT2D eigenvalue weighted by Gasteiger charge is 2.26. The van der Waals surface area contributed by atoms with Gasteiger partial charge >= 0.3 is 6.61 Å². The van der Waals surface area contributed by atoms with Gasteiger partial charge in [0, 0.05) is 6.54 Å². The van der Waals surface area contributed by atoms with Gasteiger partial charge in [0.25, 0.3) is 0 Å². The second kappa shape index (κ2) is 11.0. The summed E-state index contributed by atoms with van der Waals surface area (Å²) in [5.41, 5.74) is 1.88. The lowest BCUT2D eigenvalue weighted by molar-refractivity contribution is -0.122. The van der Waals surface area contributed by atoms with Crippen molar-refractivity contribution in [3.63, 3.8) is 0 Å². The first-order valence-electron chi connectivity index (χ1n) is 10.3. The number of nitrogens with zero attached hydrogens (tertiary/aromatic N) is 1.